The average Bonchev–Trinajstić information content (AvgIpc) is 2.77. The van der Waals surface area contributed by atoms with Crippen LogP contribution in [0, 0.1) is 13.8 Å². The van der Waals surface area contributed by atoms with Crippen molar-refractivity contribution >= 4 is 35.1 Å². The van der Waals surface area contributed by atoms with Gasteiger partial charge >= 0.3 is 0 Å². The zero-order chi connectivity index (χ0) is 15.2. The summed E-state index contributed by atoms with van der Waals surface area (Å²) in [7, 11) is 0. The first kappa shape index (κ1) is 15.9. The molecule has 0 aliphatic heterocycles. The minimum atomic E-state index is 0.00121. The summed E-state index contributed by atoms with van der Waals surface area (Å²) >= 11 is 7.56. The lowest BCUT2D eigenvalue weighted by molar-refractivity contribution is -0.116. The molecule has 0 atom stereocenters. The van der Waals surface area contributed by atoms with E-state index in [2.05, 4.69) is 15.5 Å². The Morgan fingerprint density at radius 3 is 2.67 bits per heavy atom. The first-order chi connectivity index (χ1) is 10.1. The number of H-pyrrole nitrogens is 1. The molecule has 0 spiro atoms. The number of hydrogen-bond acceptors (Lipinski definition) is 3. The van der Waals surface area contributed by atoms with Gasteiger partial charge in [0.15, 0.2) is 5.82 Å². The number of benzene rings is 1. The number of aromatic nitrogens is 2. The van der Waals surface area contributed by atoms with E-state index in [-0.39, 0.29) is 5.91 Å². The molecule has 1 heterocycles. The number of rotatable bonds is 6. The third-order valence-electron chi connectivity index (χ3n) is 3.14. The van der Waals surface area contributed by atoms with Crippen molar-refractivity contribution in [3.05, 3.63) is 40.5 Å². The Labute approximate surface area is 133 Å². The van der Waals surface area contributed by atoms with Crippen molar-refractivity contribution in [3.63, 3.8) is 0 Å². The molecule has 4 nitrogen and oxygen atoms in total. The predicted molar refractivity (Wildman–Crippen MR) is 88.1 cm³/mol. The van der Waals surface area contributed by atoms with Crippen molar-refractivity contribution in [1.29, 1.82) is 0 Å². The van der Waals surface area contributed by atoms with Crippen molar-refractivity contribution in [1.82, 2.24) is 10.2 Å². The zero-order valence-corrected chi connectivity index (χ0v) is 13.6. The van der Waals surface area contributed by atoms with Gasteiger partial charge in [0.25, 0.3) is 0 Å². The molecule has 1 amide bonds. The second-order valence-electron chi connectivity index (χ2n) is 4.78. The molecule has 2 aromatic rings. The Balaban J connectivity index is 1.70. The fourth-order valence-electron chi connectivity index (χ4n) is 1.75. The normalized spacial score (nSPS) is 10.6. The number of amides is 1. The zero-order valence-electron chi connectivity index (χ0n) is 12.1. The van der Waals surface area contributed by atoms with E-state index in [1.165, 1.54) is 4.90 Å². The van der Waals surface area contributed by atoms with E-state index >= 15 is 0 Å². The maximum Gasteiger partial charge on any atom is 0.225 e. The number of anilines is 1. The molecule has 0 aliphatic rings. The molecule has 1 aromatic heterocycles. The fourth-order valence-corrected chi connectivity index (χ4v) is 2.73. The highest BCUT2D eigenvalue weighted by Crippen LogP contribution is 2.21. The topological polar surface area (TPSA) is 57.8 Å². The van der Waals surface area contributed by atoms with Crippen molar-refractivity contribution in [2.75, 3.05) is 11.1 Å². The molecule has 0 saturated carbocycles. The van der Waals surface area contributed by atoms with Crippen LogP contribution in [0.4, 0.5) is 5.82 Å². The van der Waals surface area contributed by atoms with Crippen molar-refractivity contribution in [2.24, 2.45) is 0 Å². The maximum atomic E-state index is 11.8. The van der Waals surface area contributed by atoms with Gasteiger partial charge in [-0.05, 0) is 50.3 Å². The molecule has 0 unspecified atom stereocenters. The maximum absolute atomic E-state index is 11.8. The number of halogens is 1. The molecule has 2 N–H and O–H groups in total. The lowest BCUT2D eigenvalue weighted by atomic mass is 10.2. The van der Waals surface area contributed by atoms with Crippen LogP contribution in [0.25, 0.3) is 0 Å². The highest BCUT2D eigenvalue weighted by molar-refractivity contribution is 7.99. The summed E-state index contributed by atoms with van der Waals surface area (Å²) in [6.07, 6.45) is 1.31. The van der Waals surface area contributed by atoms with Crippen molar-refractivity contribution in [2.45, 2.75) is 31.6 Å². The average molecular weight is 324 g/mol. The molecular formula is C15H18ClN3OS. The lowest BCUT2D eigenvalue weighted by Crippen LogP contribution is -2.12. The summed E-state index contributed by atoms with van der Waals surface area (Å²) in [4.78, 5) is 13.0. The van der Waals surface area contributed by atoms with E-state index in [1.54, 1.807) is 11.8 Å². The van der Waals surface area contributed by atoms with Gasteiger partial charge in [0.05, 0.1) is 0 Å². The summed E-state index contributed by atoms with van der Waals surface area (Å²) in [5, 5.41) is 10.5. The number of carbonyl (C=O) groups excluding carboxylic acids is 1. The molecule has 21 heavy (non-hydrogen) atoms. The van der Waals surface area contributed by atoms with Gasteiger partial charge in [-0.1, -0.05) is 11.6 Å². The number of thioether (sulfide) groups is 1. The predicted octanol–water partition coefficient (Wildman–Crippen LogP) is 4.19. The Morgan fingerprint density at radius 2 is 2.05 bits per heavy atom. The highest BCUT2D eigenvalue weighted by atomic mass is 35.5. The van der Waals surface area contributed by atoms with E-state index in [0.717, 1.165) is 28.5 Å². The van der Waals surface area contributed by atoms with Crippen molar-refractivity contribution < 1.29 is 4.79 Å². The molecule has 0 aliphatic carbocycles. The van der Waals surface area contributed by atoms with Gasteiger partial charge in [0.1, 0.15) is 0 Å². The van der Waals surface area contributed by atoms with E-state index in [4.69, 9.17) is 11.6 Å². The van der Waals surface area contributed by atoms with Crippen LogP contribution in [-0.2, 0) is 4.79 Å². The van der Waals surface area contributed by atoms with E-state index in [1.807, 2.05) is 38.1 Å². The highest BCUT2D eigenvalue weighted by Gasteiger charge is 2.09. The molecule has 0 radical (unpaired) electrons. The van der Waals surface area contributed by atoms with Gasteiger partial charge in [-0.15, -0.1) is 11.8 Å². The SMILES string of the molecule is Cc1[nH]nc(NC(=O)CCCSc2ccc(Cl)cc2)c1C. The smallest absolute Gasteiger partial charge is 0.225 e. The van der Waals surface area contributed by atoms with Crippen LogP contribution >= 0.6 is 23.4 Å². The van der Waals surface area contributed by atoms with Crippen molar-refractivity contribution in [3.8, 4) is 0 Å². The molecular weight excluding hydrogens is 306 g/mol. The number of hydrogen-bond donors (Lipinski definition) is 2. The van der Waals surface area contributed by atoms with E-state index < -0.39 is 0 Å². The standard InChI is InChI=1S/C15H18ClN3OS/c1-10-11(2)18-19-15(10)17-14(20)4-3-9-21-13-7-5-12(16)6-8-13/h5-8H,3-4,9H2,1-2H3,(H2,17,18,19,20). The number of nitrogens with zero attached hydrogens (tertiary/aromatic N) is 1. The summed E-state index contributed by atoms with van der Waals surface area (Å²) in [6, 6.07) is 7.73. The molecule has 0 fully saturated rings. The van der Waals surface area contributed by atoms with Gasteiger partial charge in [-0.3, -0.25) is 9.89 Å². The third-order valence-corrected chi connectivity index (χ3v) is 4.49. The van der Waals surface area contributed by atoms with Gasteiger partial charge in [-0.2, -0.15) is 5.10 Å². The Bertz CT molecular complexity index is 610. The first-order valence-corrected chi connectivity index (χ1v) is 8.12. The van der Waals surface area contributed by atoms with Gasteiger partial charge in [0.2, 0.25) is 5.91 Å². The minimum Gasteiger partial charge on any atom is -0.309 e. The van der Waals surface area contributed by atoms with Crippen LogP contribution in [-0.4, -0.2) is 21.9 Å². The summed E-state index contributed by atoms with van der Waals surface area (Å²) in [5.41, 5.74) is 1.96. The molecule has 112 valence electrons. The number of aromatic amines is 1. The number of carbonyl (C=O) groups is 1. The molecule has 1 aromatic carbocycles. The van der Waals surface area contributed by atoms with Crippen LogP contribution in [0.15, 0.2) is 29.2 Å². The van der Waals surface area contributed by atoms with E-state index in [9.17, 15) is 4.79 Å². The minimum absolute atomic E-state index is 0.00121. The molecule has 0 saturated heterocycles. The number of aryl methyl sites for hydroxylation is 1. The van der Waals surface area contributed by atoms with Gasteiger partial charge in [-0.25, -0.2) is 0 Å². The van der Waals surface area contributed by atoms with Crippen LogP contribution in [0.2, 0.25) is 5.02 Å². The molecule has 0 bridgehead atoms. The van der Waals surface area contributed by atoms with Crippen LogP contribution in [0.5, 0.6) is 0 Å². The van der Waals surface area contributed by atoms with Crippen LogP contribution in [0.3, 0.4) is 0 Å². The summed E-state index contributed by atoms with van der Waals surface area (Å²) in [5.74, 6) is 1.53. The Morgan fingerprint density at radius 1 is 1.33 bits per heavy atom. The number of nitrogens with one attached hydrogen (secondary N) is 2. The summed E-state index contributed by atoms with van der Waals surface area (Å²) in [6.45, 7) is 3.87. The lowest BCUT2D eigenvalue weighted by Gasteiger charge is -2.04. The second-order valence-corrected chi connectivity index (χ2v) is 6.38. The Hall–Kier alpha value is -1.46. The summed E-state index contributed by atoms with van der Waals surface area (Å²) < 4.78 is 0. The van der Waals surface area contributed by atoms with Crippen LogP contribution < -0.4 is 5.32 Å². The van der Waals surface area contributed by atoms with E-state index in [0.29, 0.717) is 12.2 Å². The molecule has 6 heteroatoms. The quantitative estimate of drug-likeness (QED) is 0.619. The second kappa shape index (κ2) is 7.52. The van der Waals surface area contributed by atoms with Gasteiger partial charge in [0, 0.05) is 27.6 Å². The fraction of sp³-hybridized carbons (Fsp3) is 0.333. The largest absolute Gasteiger partial charge is 0.309 e. The van der Waals surface area contributed by atoms with Gasteiger partial charge < -0.3 is 5.32 Å². The third kappa shape index (κ3) is 4.79. The Kier molecular flexibility index (Phi) is 5.70. The first-order valence-electron chi connectivity index (χ1n) is 6.76. The van der Waals surface area contributed by atoms with Crippen LogP contribution in [0.1, 0.15) is 24.1 Å². The monoisotopic (exact) mass is 323 g/mol. The molecule has 2 rings (SSSR count).